The van der Waals surface area contributed by atoms with Gasteiger partial charge >= 0.3 is 17.9 Å². The average Bonchev–Trinajstić information content (AvgIpc) is 2.77. The Morgan fingerprint density at radius 2 is 1.76 bits per heavy atom. The van der Waals surface area contributed by atoms with Crippen LogP contribution in [0.1, 0.15) is 12.8 Å². The van der Waals surface area contributed by atoms with Crippen molar-refractivity contribution in [2.75, 3.05) is 13.7 Å². The van der Waals surface area contributed by atoms with Crippen LogP contribution in [0.4, 0.5) is 0 Å². The van der Waals surface area contributed by atoms with Gasteiger partial charge in [-0.25, -0.2) is 9.59 Å². The van der Waals surface area contributed by atoms with E-state index in [2.05, 4.69) is 10.1 Å². The normalized spacial score (nSPS) is 22.2. The van der Waals surface area contributed by atoms with Gasteiger partial charge in [-0.05, 0) is 12.8 Å². The summed E-state index contributed by atoms with van der Waals surface area (Å²) in [5.41, 5.74) is 0. The lowest BCUT2D eigenvalue weighted by atomic mass is 10.2. The van der Waals surface area contributed by atoms with Crippen LogP contribution in [0.15, 0.2) is 0 Å². The van der Waals surface area contributed by atoms with Crippen LogP contribution < -0.4 is 5.32 Å². The molecule has 0 radical (unpaired) electrons. The van der Waals surface area contributed by atoms with Crippen molar-refractivity contribution in [1.29, 1.82) is 0 Å². The number of hydrogen-bond acceptors (Lipinski definition) is 6. The summed E-state index contributed by atoms with van der Waals surface area (Å²) < 4.78 is 4.54. The van der Waals surface area contributed by atoms with E-state index in [1.807, 2.05) is 0 Å². The summed E-state index contributed by atoms with van der Waals surface area (Å²) >= 11 is 0. The van der Waals surface area contributed by atoms with Crippen LogP contribution in [-0.4, -0.2) is 59.0 Å². The molecule has 2 atom stereocenters. The molecule has 0 aromatic heterocycles. The minimum atomic E-state index is -1.82. The first kappa shape index (κ1) is 15.3. The van der Waals surface area contributed by atoms with Crippen LogP contribution in [0.3, 0.4) is 0 Å². The van der Waals surface area contributed by atoms with Crippen molar-refractivity contribution in [2.45, 2.75) is 24.9 Å². The number of carbonyl (C=O) groups excluding carboxylic acids is 1. The molecule has 0 saturated carbocycles. The summed E-state index contributed by atoms with van der Waals surface area (Å²) in [4.78, 5) is 29.1. The van der Waals surface area contributed by atoms with Gasteiger partial charge in [-0.1, -0.05) is 0 Å². The molecule has 2 unspecified atom stereocenters. The van der Waals surface area contributed by atoms with Gasteiger partial charge in [-0.2, -0.15) is 0 Å². The molecule has 0 bridgehead atoms. The largest absolute Gasteiger partial charge is 0.473 e. The summed E-state index contributed by atoms with van der Waals surface area (Å²) in [5, 5.41) is 26.5. The topological polar surface area (TPSA) is 133 Å². The number of carboxylic acid groups (broad SMARTS) is 2. The second-order valence-electron chi connectivity index (χ2n) is 3.31. The van der Waals surface area contributed by atoms with E-state index in [-0.39, 0.29) is 24.7 Å². The summed E-state index contributed by atoms with van der Waals surface area (Å²) in [6, 6.07) is -0.142. The Labute approximate surface area is 97.2 Å². The van der Waals surface area contributed by atoms with Gasteiger partial charge in [0.15, 0.2) is 0 Å². The molecule has 4 N–H and O–H groups in total. The zero-order valence-corrected chi connectivity index (χ0v) is 9.25. The number of nitrogens with one attached hydrogen (secondary N) is 1. The molecule has 1 heterocycles. The van der Waals surface area contributed by atoms with Gasteiger partial charge in [0.2, 0.25) is 0 Å². The number of esters is 1. The number of hydrogen-bond donors (Lipinski definition) is 4. The van der Waals surface area contributed by atoms with E-state index in [0.29, 0.717) is 0 Å². The van der Waals surface area contributed by atoms with Crippen molar-refractivity contribution >= 4 is 17.9 Å². The van der Waals surface area contributed by atoms with Crippen LogP contribution in [0.2, 0.25) is 0 Å². The van der Waals surface area contributed by atoms with Crippen LogP contribution in [-0.2, 0) is 19.1 Å². The van der Waals surface area contributed by atoms with E-state index in [1.165, 1.54) is 7.11 Å². The fraction of sp³-hybridized carbons (Fsp3) is 0.667. The molecule has 1 fully saturated rings. The number of rotatable bonds is 2. The predicted octanol–water partition coefficient (Wildman–Crippen LogP) is -1.57. The quantitative estimate of drug-likeness (QED) is 0.340. The lowest BCUT2D eigenvalue weighted by molar-refractivity contribution is -0.159. The van der Waals surface area contributed by atoms with Gasteiger partial charge < -0.3 is 20.1 Å². The first-order valence-electron chi connectivity index (χ1n) is 4.83. The van der Waals surface area contributed by atoms with E-state index < -0.39 is 11.9 Å². The van der Waals surface area contributed by atoms with E-state index in [9.17, 15) is 4.79 Å². The van der Waals surface area contributed by atoms with Gasteiger partial charge in [-0.3, -0.25) is 10.1 Å². The molecule has 0 aromatic rings. The molecule has 0 aliphatic carbocycles. The monoisotopic (exact) mass is 249 g/mol. The minimum Gasteiger partial charge on any atom is -0.473 e. The van der Waals surface area contributed by atoms with Crippen LogP contribution >= 0.6 is 0 Å². The summed E-state index contributed by atoms with van der Waals surface area (Å²) in [5.74, 6) is -3.88. The van der Waals surface area contributed by atoms with E-state index >= 15 is 0 Å². The number of aliphatic carboxylic acids is 2. The average molecular weight is 249 g/mol. The van der Waals surface area contributed by atoms with E-state index in [4.69, 9.17) is 24.9 Å². The zero-order valence-electron chi connectivity index (χ0n) is 9.25. The molecule has 98 valence electrons. The lowest BCUT2D eigenvalue weighted by Crippen LogP contribution is -2.37. The molecule has 8 heteroatoms. The Kier molecular flexibility index (Phi) is 6.83. The van der Waals surface area contributed by atoms with Crippen LogP contribution in [0.5, 0.6) is 0 Å². The van der Waals surface area contributed by atoms with Crippen molar-refractivity contribution in [1.82, 2.24) is 5.32 Å². The van der Waals surface area contributed by atoms with Crippen LogP contribution in [0, 0.1) is 0 Å². The summed E-state index contributed by atoms with van der Waals surface area (Å²) in [6.07, 6.45) is 1.61. The first-order chi connectivity index (χ1) is 7.92. The maximum Gasteiger partial charge on any atom is 0.414 e. The highest BCUT2D eigenvalue weighted by Gasteiger charge is 2.28. The third-order valence-electron chi connectivity index (χ3n) is 2.13. The number of aliphatic hydroxyl groups is 1. The molecular formula is C9H15NO7. The van der Waals surface area contributed by atoms with Gasteiger partial charge in [0, 0.05) is 6.04 Å². The molecule has 0 aromatic carbocycles. The number of carbonyl (C=O) groups is 3. The van der Waals surface area contributed by atoms with E-state index in [0.717, 1.165) is 12.8 Å². The Bertz CT molecular complexity index is 279. The summed E-state index contributed by atoms with van der Waals surface area (Å²) in [7, 11) is 1.37. The molecule has 1 rings (SSSR count). The Hall–Kier alpha value is -1.67. The number of carboxylic acids is 2. The zero-order chi connectivity index (χ0) is 13.4. The van der Waals surface area contributed by atoms with Crippen molar-refractivity contribution in [3.05, 3.63) is 0 Å². The maximum absolute atomic E-state index is 10.9. The van der Waals surface area contributed by atoms with Crippen molar-refractivity contribution < 1.29 is 34.4 Å². The van der Waals surface area contributed by atoms with Crippen molar-refractivity contribution in [3.63, 3.8) is 0 Å². The van der Waals surface area contributed by atoms with Crippen LogP contribution in [0.25, 0.3) is 0 Å². The number of methoxy groups -OCH3 is 1. The lowest BCUT2D eigenvalue weighted by Gasteiger charge is -2.09. The maximum atomic E-state index is 10.9. The minimum absolute atomic E-state index is 0.0686. The standard InChI is InChI=1S/C7H13NO3.C2H2O4/c1-11-7(10)6-3-2-5(4-9)8-6;3-1(4)2(5)6/h5-6,8-9H,2-4H2,1H3;(H,3,4)(H,5,6). The fourth-order valence-corrected chi connectivity index (χ4v) is 1.29. The van der Waals surface area contributed by atoms with E-state index in [1.54, 1.807) is 0 Å². The second kappa shape index (κ2) is 7.58. The molecule has 8 nitrogen and oxygen atoms in total. The highest BCUT2D eigenvalue weighted by Crippen LogP contribution is 2.12. The number of aliphatic hydroxyl groups excluding tert-OH is 1. The summed E-state index contributed by atoms with van der Waals surface area (Å²) in [6.45, 7) is 0.0908. The first-order valence-corrected chi connectivity index (χ1v) is 4.83. The Morgan fingerprint density at radius 1 is 1.24 bits per heavy atom. The Balaban J connectivity index is 0.000000366. The highest BCUT2D eigenvalue weighted by atomic mass is 16.5. The van der Waals surface area contributed by atoms with Crippen molar-refractivity contribution in [3.8, 4) is 0 Å². The third kappa shape index (κ3) is 5.83. The molecule has 1 aliphatic heterocycles. The third-order valence-corrected chi connectivity index (χ3v) is 2.13. The fourth-order valence-electron chi connectivity index (χ4n) is 1.29. The van der Waals surface area contributed by atoms with Gasteiger partial charge in [-0.15, -0.1) is 0 Å². The van der Waals surface area contributed by atoms with Gasteiger partial charge in [0.1, 0.15) is 6.04 Å². The molecule has 0 spiro atoms. The molecule has 1 aliphatic rings. The van der Waals surface area contributed by atoms with Gasteiger partial charge in [0.05, 0.1) is 13.7 Å². The molecular weight excluding hydrogens is 234 g/mol. The smallest absolute Gasteiger partial charge is 0.414 e. The molecule has 17 heavy (non-hydrogen) atoms. The predicted molar refractivity (Wildman–Crippen MR) is 54.3 cm³/mol. The second-order valence-corrected chi connectivity index (χ2v) is 3.31. The SMILES string of the molecule is COC(=O)C1CCC(CO)N1.O=C(O)C(=O)O. The molecule has 0 amide bonds. The molecule has 1 saturated heterocycles. The highest BCUT2D eigenvalue weighted by molar-refractivity contribution is 6.27. The Morgan fingerprint density at radius 3 is 2.06 bits per heavy atom. The van der Waals surface area contributed by atoms with Crippen molar-refractivity contribution in [2.24, 2.45) is 0 Å². The number of ether oxygens (including phenoxy) is 1. The van der Waals surface area contributed by atoms with Gasteiger partial charge in [0.25, 0.3) is 0 Å².